The van der Waals surface area contributed by atoms with E-state index in [4.69, 9.17) is 5.10 Å². The molecule has 174 valence electrons. The highest BCUT2D eigenvalue weighted by Crippen LogP contribution is 2.64. The Labute approximate surface area is 197 Å². The highest BCUT2D eigenvalue weighted by molar-refractivity contribution is 5.87. The quantitative estimate of drug-likeness (QED) is 0.701. The van der Waals surface area contributed by atoms with Crippen molar-refractivity contribution < 1.29 is 4.79 Å². The zero-order valence-electron chi connectivity index (χ0n) is 20.2. The van der Waals surface area contributed by atoms with Crippen molar-refractivity contribution >= 4 is 5.91 Å². The third kappa shape index (κ3) is 3.23. The third-order valence-corrected chi connectivity index (χ3v) is 8.79. The molecule has 5 heteroatoms. The topological polar surface area (TPSA) is 50.2 Å². The molecule has 2 aromatic rings. The maximum Gasteiger partial charge on any atom is 0.246 e. The van der Waals surface area contributed by atoms with Gasteiger partial charge in [0.2, 0.25) is 5.91 Å². The smallest absolute Gasteiger partial charge is 0.246 e. The third-order valence-electron chi connectivity index (χ3n) is 8.79. The molecule has 6 rings (SSSR count). The fourth-order valence-electron chi connectivity index (χ4n) is 6.78. The summed E-state index contributed by atoms with van der Waals surface area (Å²) in [4.78, 5) is 14.8. The molecular formula is C28H36N4O. The monoisotopic (exact) mass is 444 g/mol. The van der Waals surface area contributed by atoms with Crippen molar-refractivity contribution in [1.29, 1.82) is 0 Å². The maximum absolute atomic E-state index is 12.8. The fraction of sp³-hybridized carbons (Fsp3) is 0.571. The van der Waals surface area contributed by atoms with Crippen LogP contribution >= 0.6 is 0 Å². The average molecular weight is 445 g/mol. The predicted octanol–water partition coefficient (Wildman–Crippen LogP) is 4.66. The van der Waals surface area contributed by atoms with Gasteiger partial charge < -0.3 is 10.2 Å². The molecule has 3 atom stereocenters. The molecule has 3 unspecified atom stereocenters. The standard InChI is InChI=1S/C28H36N4O/c1-5-24(33)31-16-21-25-22(13-14-29-21)32(20-11-9-19(10-12-20)18-7-6-8-18)30-26(25)28(17-31)15-23(28)27(2,3)4/h5,9-12,18,21,23,29H,1,6-8,13-17H2,2-4H3. The SMILES string of the molecule is C=CC(=O)N1CC2NCCc3c2c(nn3-c2ccc(C3CCC3)cc2)C2(CC2C(C)(C)C)C1. The number of nitrogens with one attached hydrogen (secondary N) is 1. The van der Waals surface area contributed by atoms with Crippen LogP contribution in [0.25, 0.3) is 5.69 Å². The lowest BCUT2D eigenvalue weighted by Gasteiger charge is -2.30. The Morgan fingerprint density at radius 1 is 1.24 bits per heavy atom. The Bertz CT molecular complexity index is 1100. The van der Waals surface area contributed by atoms with E-state index in [0.29, 0.717) is 12.5 Å². The maximum atomic E-state index is 12.8. The van der Waals surface area contributed by atoms with Crippen LogP contribution in [-0.4, -0.2) is 40.2 Å². The van der Waals surface area contributed by atoms with Crippen molar-refractivity contribution in [3.05, 3.63) is 59.4 Å². The number of benzene rings is 1. The second kappa shape index (κ2) is 7.30. The van der Waals surface area contributed by atoms with Gasteiger partial charge in [-0.1, -0.05) is 45.9 Å². The molecule has 33 heavy (non-hydrogen) atoms. The van der Waals surface area contributed by atoms with Gasteiger partial charge in [-0.15, -0.1) is 0 Å². The molecular weight excluding hydrogens is 408 g/mol. The highest BCUT2D eigenvalue weighted by Gasteiger charge is 2.64. The first-order chi connectivity index (χ1) is 15.8. The summed E-state index contributed by atoms with van der Waals surface area (Å²) in [6.45, 7) is 13.1. The lowest BCUT2D eigenvalue weighted by atomic mass is 9.80. The lowest BCUT2D eigenvalue weighted by Crippen LogP contribution is -2.42. The molecule has 1 aromatic heterocycles. The van der Waals surface area contributed by atoms with Crippen molar-refractivity contribution in [3.63, 3.8) is 0 Å². The Morgan fingerprint density at radius 3 is 2.61 bits per heavy atom. The number of nitrogens with zero attached hydrogens (tertiary/aromatic N) is 3. The normalized spacial score (nSPS) is 28.8. The summed E-state index contributed by atoms with van der Waals surface area (Å²) in [5, 5.41) is 9.07. The number of carbonyl (C=O) groups excluding carboxylic acids is 1. The number of hydrogen-bond donors (Lipinski definition) is 1. The van der Waals surface area contributed by atoms with Crippen LogP contribution < -0.4 is 5.32 Å². The Kier molecular flexibility index (Phi) is 4.68. The van der Waals surface area contributed by atoms with Crippen LogP contribution in [0.4, 0.5) is 0 Å². The van der Waals surface area contributed by atoms with E-state index in [1.807, 2.05) is 4.90 Å². The van der Waals surface area contributed by atoms with Crippen LogP contribution in [0.2, 0.25) is 0 Å². The van der Waals surface area contributed by atoms with Crippen molar-refractivity contribution in [2.24, 2.45) is 11.3 Å². The van der Waals surface area contributed by atoms with Crippen LogP contribution in [0.3, 0.4) is 0 Å². The molecule has 2 aliphatic heterocycles. The first-order valence-electron chi connectivity index (χ1n) is 12.7. The number of aromatic nitrogens is 2. The van der Waals surface area contributed by atoms with Gasteiger partial charge in [-0.3, -0.25) is 4.79 Å². The van der Waals surface area contributed by atoms with E-state index >= 15 is 0 Å². The molecule has 1 amide bonds. The molecule has 0 bridgehead atoms. The van der Waals surface area contributed by atoms with Gasteiger partial charge in [0.05, 0.1) is 23.1 Å². The van der Waals surface area contributed by atoms with E-state index in [0.717, 1.165) is 31.8 Å². The Morgan fingerprint density at radius 2 is 2.00 bits per heavy atom. The number of rotatable bonds is 3. The van der Waals surface area contributed by atoms with Crippen LogP contribution in [0.15, 0.2) is 36.9 Å². The molecule has 2 saturated carbocycles. The predicted molar refractivity (Wildman–Crippen MR) is 131 cm³/mol. The van der Waals surface area contributed by atoms with Crippen LogP contribution in [0.1, 0.15) is 80.9 Å². The molecule has 1 aromatic carbocycles. The summed E-state index contributed by atoms with van der Waals surface area (Å²) < 4.78 is 2.23. The summed E-state index contributed by atoms with van der Waals surface area (Å²) in [7, 11) is 0. The van der Waals surface area contributed by atoms with Gasteiger partial charge in [0.25, 0.3) is 0 Å². The van der Waals surface area contributed by atoms with Crippen molar-refractivity contribution in [2.45, 2.75) is 70.3 Å². The van der Waals surface area contributed by atoms with Crippen molar-refractivity contribution in [1.82, 2.24) is 20.0 Å². The van der Waals surface area contributed by atoms with E-state index < -0.39 is 0 Å². The summed E-state index contributed by atoms with van der Waals surface area (Å²) >= 11 is 0. The summed E-state index contributed by atoms with van der Waals surface area (Å²) in [5.41, 5.74) is 6.67. The lowest BCUT2D eigenvalue weighted by molar-refractivity contribution is -0.126. The molecule has 5 nitrogen and oxygen atoms in total. The van der Waals surface area contributed by atoms with Gasteiger partial charge in [0, 0.05) is 37.0 Å². The van der Waals surface area contributed by atoms with Gasteiger partial charge in [0.1, 0.15) is 0 Å². The minimum absolute atomic E-state index is 0.0347. The van der Waals surface area contributed by atoms with Gasteiger partial charge >= 0.3 is 0 Å². The fourth-order valence-corrected chi connectivity index (χ4v) is 6.78. The first-order valence-corrected chi connectivity index (χ1v) is 12.7. The second-order valence-electron chi connectivity index (χ2n) is 11.8. The van der Waals surface area contributed by atoms with Crippen LogP contribution in [-0.2, 0) is 16.6 Å². The number of fused-ring (bicyclic) bond motifs is 1. The molecule has 4 aliphatic rings. The molecule has 2 fully saturated rings. The summed E-state index contributed by atoms with van der Waals surface area (Å²) in [5.74, 6) is 1.29. The number of carbonyl (C=O) groups is 1. The zero-order valence-corrected chi connectivity index (χ0v) is 20.2. The van der Waals surface area contributed by atoms with Gasteiger partial charge in [-0.05, 0) is 60.3 Å². The van der Waals surface area contributed by atoms with E-state index in [-0.39, 0.29) is 22.8 Å². The summed E-state index contributed by atoms with van der Waals surface area (Å²) in [6, 6.07) is 9.29. The van der Waals surface area contributed by atoms with Crippen molar-refractivity contribution in [2.75, 3.05) is 19.6 Å². The van der Waals surface area contributed by atoms with Gasteiger partial charge in [0.15, 0.2) is 0 Å². The van der Waals surface area contributed by atoms with Gasteiger partial charge in [-0.2, -0.15) is 5.10 Å². The second-order valence-corrected chi connectivity index (χ2v) is 11.8. The molecule has 0 radical (unpaired) electrons. The van der Waals surface area contributed by atoms with E-state index in [9.17, 15) is 4.79 Å². The van der Waals surface area contributed by atoms with E-state index in [1.54, 1.807) is 0 Å². The molecule has 1 N–H and O–H groups in total. The highest BCUT2D eigenvalue weighted by atomic mass is 16.2. The minimum Gasteiger partial charge on any atom is -0.336 e. The average Bonchev–Trinajstić information content (AvgIpc) is 3.40. The minimum atomic E-state index is -0.0636. The Balaban J connectivity index is 1.46. The molecule has 3 heterocycles. The van der Waals surface area contributed by atoms with E-state index in [2.05, 4.69) is 61.6 Å². The number of amides is 1. The zero-order chi connectivity index (χ0) is 23.0. The first kappa shape index (κ1) is 21.2. The van der Waals surface area contributed by atoms with Gasteiger partial charge in [-0.25, -0.2) is 4.68 Å². The molecule has 2 aliphatic carbocycles. The molecule has 0 saturated heterocycles. The van der Waals surface area contributed by atoms with Crippen molar-refractivity contribution in [3.8, 4) is 5.69 Å². The largest absolute Gasteiger partial charge is 0.336 e. The van der Waals surface area contributed by atoms with E-state index in [1.165, 1.54) is 53.5 Å². The van der Waals surface area contributed by atoms with Crippen LogP contribution in [0.5, 0.6) is 0 Å². The Hall–Kier alpha value is -2.40. The number of hydrogen-bond acceptors (Lipinski definition) is 3. The van der Waals surface area contributed by atoms with Crippen LogP contribution in [0, 0.1) is 11.3 Å². The molecule has 1 spiro atoms. The summed E-state index contributed by atoms with van der Waals surface area (Å²) in [6.07, 6.45) is 7.54.